The Labute approximate surface area is 89.9 Å². The Morgan fingerprint density at radius 1 is 1.31 bits per heavy atom. The smallest absolute Gasteiger partial charge is 0.331 e. The number of nitrogens with one attached hydrogen (secondary N) is 1. The molecule has 0 aliphatic rings. The first kappa shape index (κ1) is 12.1. The first-order valence-corrected chi connectivity index (χ1v) is 4.37. The summed E-state index contributed by atoms with van der Waals surface area (Å²) in [6, 6.07) is 1.24. The van der Waals surface area contributed by atoms with Gasteiger partial charge in [-0.25, -0.2) is 13.6 Å². The van der Waals surface area contributed by atoms with Crippen LogP contribution in [0.25, 0.3) is 0 Å². The van der Waals surface area contributed by atoms with Gasteiger partial charge in [0.2, 0.25) is 5.91 Å². The van der Waals surface area contributed by atoms with E-state index >= 15 is 0 Å². The van der Waals surface area contributed by atoms with Crippen molar-refractivity contribution in [3.63, 3.8) is 0 Å². The lowest BCUT2D eigenvalue weighted by molar-refractivity contribution is -0.141. The van der Waals surface area contributed by atoms with E-state index in [0.717, 1.165) is 25.1 Å². The molecule has 0 saturated heterocycles. The molecule has 4 nitrogen and oxygen atoms in total. The minimum absolute atomic E-state index is 0.676. The third-order valence-electron chi connectivity index (χ3n) is 1.88. The van der Waals surface area contributed by atoms with E-state index in [9.17, 15) is 18.4 Å². The number of amides is 1. The van der Waals surface area contributed by atoms with E-state index in [2.05, 4.69) is 0 Å². The maximum Gasteiger partial charge on any atom is 0.331 e. The van der Waals surface area contributed by atoms with Crippen molar-refractivity contribution in [2.45, 2.75) is 13.0 Å². The molecular formula is C10H9F2NO3. The van der Waals surface area contributed by atoms with Gasteiger partial charge in [0, 0.05) is 6.92 Å². The molecule has 0 heterocycles. The van der Waals surface area contributed by atoms with E-state index in [1.54, 1.807) is 0 Å². The molecule has 1 amide bonds. The predicted octanol–water partition coefficient (Wildman–Crippen LogP) is 1.23. The quantitative estimate of drug-likeness (QED) is 0.819. The number of carbonyl (C=O) groups excluding carboxylic acids is 1. The third kappa shape index (κ3) is 2.53. The number of hydrogen-bond donors (Lipinski definition) is 2. The van der Waals surface area contributed by atoms with Crippen LogP contribution in [0, 0.1) is 11.6 Å². The summed E-state index contributed by atoms with van der Waals surface area (Å²) in [6.07, 6.45) is 0. The Kier molecular flexibility index (Phi) is 3.55. The van der Waals surface area contributed by atoms with Crippen molar-refractivity contribution >= 4 is 11.9 Å². The largest absolute Gasteiger partial charge is 0.479 e. The maximum absolute atomic E-state index is 13.3. The van der Waals surface area contributed by atoms with Crippen molar-refractivity contribution in [2.24, 2.45) is 0 Å². The minimum Gasteiger partial charge on any atom is -0.479 e. The minimum atomic E-state index is -1.72. The highest BCUT2D eigenvalue weighted by molar-refractivity contribution is 5.83. The molecule has 86 valence electrons. The summed E-state index contributed by atoms with van der Waals surface area (Å²) in [6.45, 7) is 1.06. The molecule has 0 radical (unpaired) electrons. The summed E-state index contributed by atoms with van der Waals surface area (Å²) in [5.41, 5.74) is -0.676. The van der Waals surface area contributed by atoms with Gasteiger partial charge in [-0.2, -0.15) is 0 Å². The van der Waals surface area contributed by atoms with Crippen LogP contribution in [0.2, 0.25) is 0 Å². The number of benzene rings is 1. The highest BCUT2D eigenvalue weighted by Gasteiger charge is 2.27. The molecule has 0 spiro atoms. The van der Waals surface area contributed by atoms with Gasteiger partial charge in [-0.15, -0.1) is 0 Å². The molecule has 1 aromatic rings. The summed E-state index contributed by atoms with van der Waals surface area (Å²) in [5, 5.41) is 10.7. The Morgan fingerprint density at radius 2 is 1.81 bits per heavy atom. The molecule has 0 saturated carbocycles. The number of aliphatic carboxylic acids is 1. The van der Waals surface area contributed by atoms with Crippen LogP contribution in [0.5, 0.6) is 0 Å². The van der Waals surface area contributed by atoms with Gasteiger partial charge in [-0.3, -0.25) is 4.79 Å². The number of halogens is 2. The number of carboxylic acid groups (broad SMARTS) is 1. The average molecular weight is 229 g/mol. The molecule has 1 aromatic carbocycles. The van der Waals surface area contributed by atoms with Crippen LogP contribution in [0.1, 0.15) is 18.5 Å². The molecule has 0 fully saturated rings. The zero-order chi connectivity index (χ0) is 12.3. The summed E-state index contributed by atoms with van der Waals surface area (Å²) in [7, 11) is 0. The molecule has 1 rings (SSSR count). The molecule has 0 bridgehead atoms. The van der Waals surface area contributed by atoms with Gasteiger partial charge in [0.05, 0.1) is 5.56 Å². The zero-order valence-electron chi connectivity index (χ0n) is 8.33. The average Bonchev–Trinajstić information content (AvgIpc) is 2.15. The Bertz CT molecular complexity index is 414. The molecule has 2 N–H and O–H groups in total. The maximum atomic E-state index is 13.3. The fraction of sp³-hybridized carbons (Fsp3) is 0.200. The normalized spacial score (nSPS) is 11.9. The van der Waals surface area contributed by atoms with Gasteiger partial charge in [0.25, 0.3) is 0 Å². The lowest BCUT2D eigenvalue weighted by atomic mass is 10.1. The fourth-order valence-electron chi connectivity index (χ4n) is 1.25. The van der Waals surface area contributed by atoms with E-state index in [1.165, 1.54) is 0 Å². The monoisotopic (exact) mass is 229 g/mol. The van der Waals surface area contributed by atoms with Crippen molar-refractivity contribution in [1.29, 1.82) is 0 Å². The number of hydrogen-bond acceptors (Lipinski definition) is 2. The highest BCUT2D eigenvalue weighted by Crippen LogP contribution is 2.20. The number of carbonyl (C=O) groups is 2. The summed E-state index contributed by atoms with van der Waals surface area (Å²) in [4.78, 5) is 21.5. The van der Waals surface area contributed by atoms with E-state index in [0.29, 0.717) is 0 Å². The Balaban J connectivity index is 3.20. The van der Waals surface area contributed by atoms with Crippen molar-refractivity contribution in [2.75, 3.05) is 0 Å². The fourth-order valence-corrected chi connectivity index (χ4v) is 1.25. The lowest BCUT2D eigenvalue weighted by Crippen LogP contribution is -2.33. The molecule has 0 aliphatic carbocycles. The summed E-state index contributed by atoms with van der Waals surface area (Å²) in [5.74, 6) is -4.24. The van der Waals surface area contributed by atoms with Gasteiger partial charge in [-0.1, -0.05) is 6.07 Å². The SMILES string of the molecule is CC(=O)NC(C(=O)O)c1c(F)cccc1F. The summed E-state index contributed by atoms with van der Waals surface area (Å²) >= 11 is 0. The van der Waals surface area contributed by atoms with Crippen LogP contribution in [0.3, 0.4) is 0 Å². The first-order valence-electron chi connectivity index (χ1n) is 4.37. The highest BCUT2D eigenvalue weighted by atomic mass is 19.1. The second-order valence-corrected chi connectivity index (χ2v) is 3.11. The lowest BCUT2D eigenvalue weighted by Gasteiger charge is -2.14. The van der Waals surface area contributed by atoms with Crippen molar-refractivity contribution in [3.8, 4) is 0 Å². The van der Waals surface area contributed by atoms with Crippen LogP contribution in [-0.2, 0) is 9.59 Å². The van der Waals surface area contributed by atoms with Crippen LogP contribution in [0.15, 0.2) is 18.2 Å². The van der Waals surface area contributed by atoms with Crippen LogP contribution in [-0.4, -0.2) is 17.0 Å². The third-order valence-corrected chi connectivity index (χ3v) is 1.88. The van der Waals surface area contributed by atoms with Crippen LogP contribution >= 0.6 is 0 Å². The predicted molar refractivity (Wildman–Crippen MR) is 50.6 cm³/mol. The van der Waals surface area contributed by atoms with Crippen molar-refractivity contribution in [3.05, 3.63) is 35.4 Å². The van der Waals surface area contributed by atoms with Crippen LogP contribution < -0.4 is 5.32 Å². The molecule has 16 heavy (non-hydrogen) atoms. The van der Waals surface area contributed by atoms with E-state index in [1.807, 2.05) is 5.32 Å². The Hall–Kier alpha value is -1.98. The zero-order valence-corrected chi connectivity index (χ0v) is 8.33. The van der Waals surface area contributed by atoms with E-state index < -0.39 is 35.1 Å². The van der Waals surface area contributed by atoms with Gasteiger partial charge in [0.15, 0.2) is 6.04 Å². The van der Waals surface area contributed by atoms with Crippen LogP contribution in [0.4, 0.5) is 8.78 Å². The standard InChI is InChI=1S/C10H9F2NO3/c1-5(14)13-9(10(15)16)8-6(11)3-2-4-7(8)12/h2-4,9H,1H3,(H,13,14)(H,15,16). The van der Waals surface area contributed by atoms with E-state index in [4.69, 9.17) is 5.11 Å². The molecule has 1 atom stereocenters. The summed E-state index contributed by atoms with van der Waals surface area (Å²) < 4.78 is 26.5. The Morgan fingerprint density at radius 3 is 2.19 bits per heavy atom. The first-order chi connectivity index (χ1) is 7.43. The molecule has 0 aromatic heterocycles. The molecule has 1 unspecified atom stereocenters. The van der Waals surface area contributed by atoms with Gasteiger partial charge >= 0.3 is 5.97 Å². The second-order valence-electron chi connectivity index (χ2n) is 3.11. The van der Waals surface area contributed by atoms with E-state index in [-0.39, 0.29) is 0 Å². The van der Waals surface area contributed by atoms with Gasteiger partial charge < -0.3 is 10.4 Å². The van der Waals surface area contributed by atoms with Crippen molar-refractivity contribution in [1.82, 2.24) is 5.32 Å². The van der Waals surface area contributed by atoms with Gasteiger partial charge in [0.1, 0.15) is 11.6 Å². The number of carboxylic acids is 1. The second kappa shape index (κ2) is 4.69. The number of rotatable bonds is 3. The van der Waals surface area contributed by atoms with Crippen molar-refractivity contribution < 1.29 is 23.5 Å². The molecular weight excluding hydrogens is 220 g/mol. The topological polar surface area (TPSA) is 66.4 Å². The van der Waals surface area contributed by atoms with Gasteiger partial charge in [-0.05, 0) is 12.1 Å². The molecule has 6 heteroatoms. The molecule has 0 aliphatic heterocycles.